The number of nitrogens with zero attached hydrogens (tertiary/aromatic N) is 2. The Hall–Kier alpha value is -2.19. The van der Waals surface area contributed by atoms with Crippen molar-refractivity contribution in [3.63, 3.8) is 0 Å². The van der Waals surface area contributed by atoms with Gasteiger partial charge in [0.1, 0.15) is 10.6 Å². The predicted octanol–water partition coefficient (Wildman–Crippen LogP) is 1.01. The Kier molecular flexibility index (Phi) is 5.89. The van der Waals surface area contributed by atoms with E-state index in [9.17, 15) is 13.2 Å². The number of aromatic nitrogens is 2. The third kappa shape index (κ3) is 4.64. The van der Waals surface area contributed by atoms with E-state index in [-0.39, 0.29) is 17.0 Å². The maximum absolute atomic E-state index is 12.3. The summed E-state index contributed by atoms with van der Waals surface area (Å²) in [6, 6.07) is 9.45. The first-order valence-corrected chi connectivity index (χ1v) is 8.76. The zero-order chi connectivity index (χ0) is 16.7. The molecule has 0 aliphatic heterocycles. The van der Waals surface area contributed by atoms with Crippen LogP contribution in [0, 0.1) is 0 Å². The number of ether oxygens (including phenoxy) is 1. The van der Waals surface area contributed by atoms with Crippen LogP contribution in [0.25, 0.3) is 0 Å². The van der Waals surface area contributed by atoms with Gasteiger partial charge in [-0.2, -0.15) is 5.10 Å². The standard InChI is InChI=1S/C15H19N3O4S/c1-2-22-13-7-3-4-8-14(13)23(20,21)17-11-6-12-18-15(19)9-5-10-16-18/h3-5,7-10,17H,2,6,11-12H2,1H3. The molecule has 0 saturated carbocycles. The second-order valence-corrected chi connectivity index (χ2v) is 6.45. The van der Waals surface area contributed by atoms with Gasteiger partial charge in [0.25, 0.3) is 5.56 Å². The molecule has 0 unspecified atom stereocenters. The van der Waals surface area contributed by atoms with Crippen molar-refractivity contribution in [1.82, 2.24) is 14.5 Å². The quantitative estimate of drug-likeness (QED) is 0.726. The van der Waals surface area contributed by atoms with Crippen LogP contribution in [0.5, 0.6) is 5.75 Å². The lowest BCUT2D eigenvalue weighted by atomic mass is 10.3. The Labute approximate surface area is 135 Å². The summed E-state index contributed by atoms with van der Waals surface area (Å²) in [5, 5.41) is 3.92. The number of rotatable bonds is 8. The van der Waals surface area contributed by atoms with Crippen molar-refractivity contribution in [3.05, 3.63) is 52.9 Å². The summed E-state index contributed by atoms with van der Waals surface area (Å²) in [4.78, 5) is 11.6. The van der Waals surface area contributed by atoms with E-state index in [1.807, 2.05) is 0 Å². The second-order valence-electron chi connectivity index (χ2n) is 4.72. The van der Waals surface area contributed by atoms with Crippen molar-refractivity contribution in [2.45, 2.75) is 24.8 Å². The number of hydrogen-bond donors (Lipinski definition) is 1. The third-order valence-electron chi connectivity index (χ3n) is 3.06. The number of benzene rings is 1. The maximum atomic E-state index is 12.3. The minimum Gasteiger partial charge on any atom is -0.492 e. The molecule has 7 nitrogen and oxygen atoms in total. The molecule has 8 heteroatoms. The monoisotopic (exact) mass is 337 g/mol. The van der Waals surface area contributed by atoms with E-state index in [1.54, 1.807) is 31.2 Å². The van der Waals surface area contributed by atoms with Crippen molar-refractivity contribution in [2.75, 3.05) is 13.2 Å². The van der Waals surface area contributed by atoms with Crippen LogP contribution in [-0.4, -0.2) is 31.3 Å². The van der Waals surface area contributed by atoms with Gasteiger partial charge < -0.3 is 4.74 Å². The third-order valence-corrected chi connectivity index (χ3v) is 4.56. The molecule has 1 aromatic heterocycles. The molecule has 0 amide bonds. The van der Waals surface area contributed by atoms with E-state index in [2.05, 4.69) is 9.82 Å². The highest BCUT2D eigenvalue weighted by Crippen LogP contribution is 2.22. The first-order chi connectivity index (χ1) is 11.0. The Morgan fingerprint density at radius 3 is 2.74 bits per heavy atom. The Balaban J connectivity index is 1.97. The summed E-state index contributed by atoms with van der Waals surface area (Å²) in [6.45, 7) is 2.72. The van der Waals surface area contributed by atoms with E-state index in [4.69, 9.17) is 4.74 Å². The summed E-state index contributed by atoms with van der Waals surface area (Å²) in [7, 11) is -3.66. The highest BCUT2D eigenvalue weighted by atomic mass is 32.2. The number of aryl methyl sites for hydroxylation is 1. The van der Waals surface area contributed by atoms with Gasteiger partial charge in [-0.15, -0.1) is 0 Å². The molecule has 0 radical (unpaired) electrons. The van der Waals surface area contributed by atoms with Gasteiger partial charge in [0.2, 0.25) is 10.0 Å². The molecule has 0 aliphatic carbocycles. The van der Waals surface area contributed by atoms with Crippen LogP contribution in [0.2, 0.25) is 0 Å². The van der Waals surface area contributed by atoms with Crippen molar-refractivity contribution >= 4 is 10.0 Å². The summed E-state index contributed by atoms with van der Waals surface area (Å²) in [5.41, 5.74) is -0.211. The fourth-order valence-corrected chi connectivity index (χ4v) is 3.23. The van der Waals surface area contributed by atoms with Gasteiger partial charge in [0, 0.05) is 25.4 Å². The number of para-hydroxylation sites is 1. The summed E-state index contributed by atoms with van der Waals surface area (Å²) in [5.74, 6) is 0.323. The van der Waals surface area contributed by atoms with E-state index >= 15 is 0 Å². The van der Waals surface area contributed by atoms with Crippen molar-refractivity contribution < 1.29 is 13.2 Å². The molecule has 1 aromatic carbocycles. The molecule has 0 saturated heterocycles. The molecule has 0 bridgehead atoms. The van der Waals surface area contributed by atoms with Crippen molar-refractivity contribution in [3.8, 4) is 5.75 Å². The van der Waals surface area contributed by atoms with Gasteiger partial charge in [-0.1, -0.05) is 12.1 Å². The lowest BCUT2D eigenvalue weighted by Gasteiger charge is -2.11. The van der Waals surface area contributed by atoms with Gasteiger partial charge >= 0.3 is 0 Å². The van der Waals surface area contributed by atoms with Crippen LogP contribution in [-0.2, 0) is 16.6 Å². The molecular formula is C15H19N3O4S. The minimum atomic E-state index is -3.66. The molecule has 2 aromatic rings. The van der Waals surface area contributed by atoms with Crippen molar-refractivity contribution in [1.29, 1.82) is 0 Å². The van der Waals surface area contributed by atoms with E-state index in [0.29, 0.717) is 25.3 Å². The molecule has 0 fully saturated rings. The Morgan fingerprint density at radius 1 is 1.22 bits per heavy atom. The lowest BCUT2D eigenvalue weighted by Crippen LogP contribution is -2.28. The molecule has 2 rings (SSSR count). The zero-order valence-corrected chi connectivity index (χ0v) is 13.6. The molecule has 23 heavy (non-hydrogen) atoms. The molecule has 0 aliphatic rings. The fourth-order valence-electron chi connectivity index (χ4n) is 2.02. The molecule has 1 heterocycles. The van der Waals surface area contributed by atoms with Crippen LogP contribution >= 0.6 is 0 Å². The van der Waals surface area contributed by atoms with Crippen LogP contribution in [0.3, 0.4) is 0 Å². The molecule has 1 N–H and O–H groups in total. The van der Waals surface area contributed by atoms with E-state index < -0.39 is 10.0 Å². The highest BCUT2D eigenvalue weighted by Gasteiger charge is 2.18. The average molecular weight is 337 g/mol. The van der Waals surface area contributed by atoms with Gasteiger partial charge in [-0.05, 0) is 31.5 Å². The molecule has 124 valence electrons. The van der Waals surface area contributed by atoms with E-state index in [0.717, 1.165) is 0 Å². The van der Waals surface area contributed by atoms with Crippen molar-refractivity contribution in [2.24, 2.45) is 0 Å². The number of hydrogen-bond acceptors (Lipinski definition) is 5. The smallest absolute Gasteiger partial charge is 0.266 e. The van der Waals surface area contributed by atoms with Gasteiger partial charge in [0.15, 0.2) is 0 Å². The number of nitrogens with one attached hydrogen (secondary N) is 1. The SMILES string of the molecule is CCOc1ccccc1S(=O)(=O)NCCCn1ncccc1=O. The maximum Gasteiger partial charge on any atom is 0.266 e. The van der Waals surface area contributed by atoms with Gasteiger partial charge in [-0.25, -0.2) is 17.8 Å². The number of sulfonamides is 1. The topological polar surface area (TPSA) is 90.3 Å². The van der Waals surface area contributed by atoms with Crippen LogP contribution in [0.4, 0.5) is 0 Å². The van der Waals surface area contributed by atoms with Gasteiger partial charge in [0.05, 0.1) is 6.61 Å². The second kappa shape index (κ2) is 7.89. The lowest BCUT2D eigenvalue weighted by molar-refractivity contribution is 0.331. The largest absolute Gasteiger partial charge is 0.492 e. The highest BCUT2D eigenvalue weighted by molar-refractivity contribution is 7.89. The van der Waals surface area contributed by atoms with E-state index in [1.165, 1.54) is 23.0 Å². The van der Waals surface area contributed by atoms with Gasteiger partial charge in [-0.3, -0.25) is 4.79 Å². The molecular weight excluding hydrogens is 318 g/mol. The molecule has 0 spiro atoms. The first kappa shape index (κ1) is 17.2. The minimum absolute atomic E-state index is 0.108. The Morgan fingerprint density at radius 2 is 2.00 bits per heavy atom. The zero-order valence-electron chi connectivity index (χ0n) is 12.8. The summed E-state index contributed by atoms with van der Waals surface area (Å²) >= 11 is 0. The fraction of sp³-hybridized carbons (Fsp3) is 0.333. The van der Waals surface area contributed by atoms with Crippen LogP contribution in [0.1, 0.15) is 13.3 Å². The summed E-state index contributed by atoms with van der Waals surface area (Å²) in [6.07, 6.45) is 1.97. The average Bonchev–Trinajstić information content (AvgIpc) is 2.54. The first-order valence-electron chi connectivity index (χ1n) is 7.28. The normalized spacial score (nSPS) is 11.3. The molecule has 0 atom stereocenters. The summed E-state index contributed by atoms with van der Waals surface area (Å²) < 4.78 is 33.8. The van der Waals surface area contributed by atoms with Crippen LogP contribution < -0.4 is 15.0 Å². The Bertz CT molecular complexity index is 802. The predicted molar refractivity (Wildman–Crippen MR) is 85.9 cm³/mol. The van der Waals surface area contributed by atoms with Crippen LogP contribution in [0.15, 0.2) is 52.3 Å².